The van der Waals surface area contributed by atoms with Crippen molar-refractivity contribution in [2.24, 2.45) is 0 Å². The van der Waals surface area contributed by atoms with Crippen LogP contribution in [0.1, 0.15) is 5.56 Å². The van der Waals surface area contributed by atoms with Crippen LogP contribution >= 0.6 is 11.8 Å². The summed E-state index contributed by atoms with van der Waals surface area (Å²) in [6, 6.07) is 25.1. The highest BCUT2D eigenvalue weighted by molar-refractivity contribution is 7.98. The zero-order valence-electron chi connectivity index (χ0n) is 14.8. The number of methoxy groups -OCH3 is 1. The van der Waals surface area contributed by atoms with Gasteiger partial charge in [0.1, 0.15) is 5.75 Å². The Morgan fingerprint density at radius 1 is 0.926 bits per heavy atom. The van der Waals surface area contributed by atoms with Crippen molar-refractivity contribution in [3.05, 3.63) is 94.8 Å². The van der Waals surface area contributed by atoms with E-state index < -0.39 is 0 Å². The summed E-state index contributed by atoms with van der Waals surface area (Å²) in [5.41, 5.74) is 2.47. The smallest absolute Gasteiger partial charge is 0.266 e. The molecule has 0 saturated heterocycles. The third-order valence-corrected chi connectivity index (χ3v) is 5.29. The predicted octanol–water partition coefficient (Wildman–Crippen LogP) is 4.69. The molecule has 3 aromatic carbocycles. The lowest BCUT2D eigenvalue weighted by molar-refractivity contribution is 0.411. The minimum absolute atomic E-state index is 0.0966. The van der Waals surface area contributed by atoms with Crippen LogP contribution in [0.5, 0.6) is 5.75 Å². The summed E-state index contributed by atoms with van der Waals surface area (Å²) < 4.78 is 7.14. The summed E-state index contributed by atoms with van der Waals surface area (Å²) in [5.74, 6) is 1.36. The predicted molar refractivity (Wildman–Crippen MR) is 110 cm³/mol. The maximum atomic E-state index is 13.3. The van der Waals surface area contributed by atoms with Crippen LogP contribution in [0.25, 0.3) is 16.6 Å². The normalized spacial score (nSPS) is 10.9. The number of hydrogen-bond donors (Lipinski definition) is 0. The van der Waals surface area contributed by atoms with Crippen LogP contribution in [-0.2, 0) is 5.75 Å². The fourth-order valence-electron chi connectivity index (χ4n) is 2.96. The average molecular weight is 374 g/mol. The van der Waals surface area contributed by atoms with Crippen molar-refractivity contribution in [3.63, 3.8) is 0 Å². The van der Waals surface area contributed by atoms with Gasteiger partial charge in [-0.2, -0.15) is 0 Å². The van der Waals surface area contributed by atoms with Crippen LogP contribution in [0.3, 0.4) is 0 Å². The van der Waals surface area contributed by atoms with E-state index in [1.807, 2.05) is 66.7 Å². The van der Waals surface area contributed by atoms with E-state index in [1.54, 1.807) is 11.7 Å². The average Bonchev–Trinajstić information content (AvgIpc) is 2.73. The van der Waals surface area contributed by atoms with Gasteiger partial charge in [0.25, 0.3) is 5.56 Å². The van der Waals surface area contributed by atoms with Gasteiger partial charge >= 0.3 is 0 Å². The maximum absolute atomic E-state index is 13.3. The Morgan fingerprint density at radius 2 is 1.63 bits per heavy atom. The molecule has 0 fully saturated rings. The largest absolute Gasteiger partial charge is 0.495 e. The van der Waals surface area contributed by atoms with E-state index in [-0.39, 0.29) is 5.56 Å². The fourth-order valence-corrected chi connectivity index (χ4v) is 3.92. The molecule has 4 nitrogen and oxygen atoms in total. The number of aromatic nitrogens is 2. The minimum atomic E-state index is -0.0966. The Morgan fingerprint density at radius 3 is 2.44 bits per heavy atom. The van der Waals surface area contributed by atoms with E-state index in [2.05, 4.69) is 12.1 Å². The van der Waals surface area contributed by atoms with Gasteiger partial charge in [0.2, 0.25) is 0 Å². The van der Waals surface area contributed by atoms with E-state index >= 15 is 0 Å². The Bertz CT molecular complexity index is 1140. The maximum Gasteiger partial charge on any atom is 0.266 e. The van der Waals surface area contributed by atoms with Crippen molar-refractivity contribution in [2.45, 2.75) is 10.9 Å². The highest BCUT2D eigenvalue weighted by atomic mass is 32.2. The second kappa shape index (κ2) is 7.68. The number of hydrogen-bond acceptors (Lipinski definition) is 4. The molecule has 0 aliphatic rings. The Hall–Kier alpha value is -3.05. The molecule has 27 heavy (non-hydrogen) atoms. The number of thioether (sulfide) groups is 1. The number of nitrogens with zero attached hydrogens (tertiary/aromatic N) is 2. The van der Waals surface area contributed by atoms with Gasteiger partial charge in [-0.1, -0.05) is 66.4 Å². The summed E-state index contributed by atoms with van der Waals surface area (Å²) in [6.07, 6.45) is 0. The van der Waals surface area contributed by atoms with Crippen LogP contribution in [0, 0.1) is 0 Å². The van der Waals surface area contributed by atoms with Gasteiger partial charge in [-0.05, 0) is 29.8 Å². The lowest BCUT2D eigenvalue weighted by Crippen LogP contribution is -2.22. The molecule has 0 N–H and O–H groups in total. The number of rotatable bonds is 5. The zero-order valence-corrected chi connectivity index (χ0v) is 15.6. The molecule has 4 aromatic rings. The van der Waals surface area contributed by atoms with Crippen LogP contribution in [-0.4, -0.2) is 16.7 Å². The fraction of sp³-hybridized carbons (Fsp3) is 0.0909. The molecule has 5 heteroatoms. The second-order valence-corrected chi connectivity index (χ2v) is 6.94. The number of para-hydroxylation sites is 3. The summed E-state index contributed by atoms with van der Waals surface area (Å²) >= 11 is 1.54. The summed E-state index contributed by atoms with van der Waals surface area (Å²) in [6.45, 7) is 0. The van der Waals surface area contributed by atoms with Crippen LogP contribution in [0.2, 0.25) is 0 Å². The van der Waals surface area contributed by atoms with E-state index in [1.165, 1.54) is 17.3 Å². The molecule has 0 atom stereocenters. The van der Waals surface area contributed by atoms with Gasteiger partial charge in [-0.15, -0.1) is 0 Å². The Balaban J connectivity index is 1.89. The van der Waals surface area contributed by atoms with Crippen LogP contribution in [0.4, 0.5) is 0 Å². The lowest BCUT2D eigenvalue weighted by atomic mass is 10.2. The molecule has 0 bridgehead atoms. The molecule has 0 amide bonds. The highest BCUT2D eigenvalue weighted by Gasteiger charge is 2.16. The standard InChI is InChI=1S/C22H18N2O2S/c1-26-20-14-8-7-13-19(20)24-21(25)17-11-5-6-12-18(17)23-22(24)27-15-16-9-3-2-4-10-16/h2-14H,15H2,1H3. The number of fused-ring (bicyclic) bond motifs is 1. The third kappa shape index (κ3) is 3.46. The van der Waals surface area contributed by atoms with Crippen molar-refractivity contribution in [3.8, 4) is 11.4 Å². The SMILES string of the molecule is COc1ccccc1-n1c(SCc2ccccc2)nc2ccccc2c1=O. The van der Waals surface area contributed by atoms with Crippen LogP contribution < -0.4 is 10.3 Å². The first-order valence-electron chi connectivity index (χ1n) is 8.60. The lowest BCUT2D eigenvalue weighted by Gasteiger charge is -2.15. The summed E-state index contributed by atoms with van der Waals surface area (Å²) in [5, 5.41) is 1.24. The topological polar surface area (TPSA) is 44.1 Å². The van der Waals surface area contributed by atoms with Crippen LogP contribution in [0.15, 0.2) is 88.8 Å². The molecule has 0 saturated carbocycles. The molecular weight excluding hydrogens is 356 g/mol. The zero-order chi connectivity index (χ0) is 18.6. The number of ether oxygens (including phenoxy) is 1. The molecular formula is C22H18N2O2S. The van der Waals surface area contributed by atoms with Gasteiger partial charge in [-0.25, -0.2) is 4.98 Å². The van der Waals surface area contributed by atoms with Crippen molar-refractivity contribution in [1.82, 2.24) is 9.55 Å². The number of benzene rings is 3. The Labute approximate surface area is 161 Å². The van der Waals surface area contributed by atoms with Gasteiger partial charge in [0.05, 0.1) is 23.7 Å². The summed E-state index contributed by atoms with van der Waals surface area (Å²) in [7, 11) is 1.61. The second-order valence-electron chi connectivity index (χ2n) is 6.00. The van der Waals surface area contributed by atoms with Gasteiger partial charge in [-0.3, -0.25) is 9.36 Å². The van der Waals surface area contributed by atoms with Gasteiger partial charge in [0, 0.05) is 5.75 Å². The quantitative estimate of drug-likeness (QED) is 0.376. The van der Waals surface area contributed by atoms with E-state index in [0.29, 0.717) is 27.5 Å². The van der Waals surface area contributed by atoms with E-state index in [4.69, 9.17) is 9.72 Å². The van der Waals surface area contributed by atoms with Crippen molar-refractivity contribution in [2.75, 3.05) is 7.11 Å². The molecule has 0 spiro atoms. The van der Waals surface area contributed by atoms with Crippen molar-refractivity contribution >= 4 is 22.7 Å². The first kappa shape index (κ1) is 17.4. The van der Waals surface area contributed by atoms with Crippen molar-refractivity contribution < 1.29 is 4.74 Å². The molecule has 1 heterocycles. The first-order valence-corrected chi connectivity index (χ1v) is 9.58. The molecule has 1 aromatic heterocycles. The van der Waals surface area contributed by atoms with E-state index in [9.17, 15) is 4.79 Å². The minimum Gasteiger partial charge on any atom is -0.495 e. The first-order chi connectivity index (χ1) is 13.3. The van der Waals surface area contributed by atoms with Crippen molar-refractivity contribution in [1.29, 1.82) is 0 Å². The molecule has 134 valence electrons. The highest BCUT2D eigenvalue weighted by Crippen LogP contribution is 2.28. The molecule has 0 aliphatic heterocycles. The van der Waals surface area contributed by atoms with Gasteiger partial charge < -0.3 is 4.74 Å². The monoisotopic (exact) mass is 374 g/mol. The molecule has 0 aliphatic carbocycles. The Kier molecular flexibility index (Phi) is 4.94. The molecule has 4 rings (SSSR count). The van der Waals surface area contributed by atoms with E-state index in [0.717, 1.165) is 5.75 Å². The van der Waals surface area contributed by atoms with Gasteiger partial charge in [0.15, 0.2) is 5.16 Å². The molecule has 0 unspecified atom stereocenters. The third-order valence-electron chi connectivity index (χ3n) is 4.28. The summed E-state index contributed by atoms with van der Waals surface area (Å²) in [4.78, 5) is 18.1. The molecule has 0 radical (unpaired) electrons.